The molecule has 9 heavy (non-hydrogen) atoms. The lowest BCUT2D eigenvalue weighted by Gasteiger charge is -2.00. The van der Waals surface area contributed by atoms with E-state index in [2.05, 4.69) is 5.73 Å². The van der Waals surface area contributed by atoms with Crippen molar-refractivity contribution in [1.82, 2.24) is 0 Å². The third-order valence-corrected chi connectivity index (χ3v) is 0.459. The van der Waals surface area contributed by atoms with E-state index in [1.165, 1.54) is 0 Å². The molecule has 0 saturated carbocycles. The molecule has 0 heterocycles. The minimum atomic E-state index is -5.31. The number of allylic oxidation sites excluding steroid dienone is 1. The van der Waals surface area contributed by atoms with Gasteiger partial charge in [0.25, 0.3) is 5.83 Å². The molecule has 0 aliphatic rings. The summed E-state index contributed by atoms with van der Waals surface area (Å²) < 4.78 is 55.3. The maximum Gasteiger partial charge on any atom is 0.447 e. The van der Waals surface area contributed by atoms with Crippen molar-refractivity contribution in [3.63, 3.8) is 0 Å². The fourth-order valence-corrected chi connectivity index (χ4v) is 0.135. The Morgan fingerprint density at radius 3 is 1.44 bits per heavy atom. The van der Waals surface area contributed by atoms with Crippen LogP contribution >= 0.6 is 0 Å². The van der Waals surface area contributed by atoms with Gasteiger partial charge in [-0.25, -0.2) is 0 Å². The molecular formula is C3H2F5N. The molecule has 0 atom stereocenters. The quantitative estimate of drug-likeness (QED) is 0.408. The third kappa shape index (κ3) is 2.29. The molecule has 0 aromatic rings. The highest BCUT2D eigenvalue weighted by molar-refractivity contribution is 5.01. The summed E-state index contributed by atoms with van der Waals surface area (Å²) in [5.74, 6) is -5.23. The fraction of sp³-hybridized carbons (Fsp3) is 0.333. The van der Waals surface area contributed by atoms with Crippen LogP contribution in [0.4, 0.5) is 22.0 Å². The van der Waals surface area contributed by atoms with E-state index in [1.807, 2.05) is 0 Å². The van der Waals surface area contributed by atoms with E-state index in [9.17, 15) is 22.0 Å². The average molecular weight is 147 g/mol. The number of rotatable bonds is 0. The average Bonchev–Trinajstić information content (AvgIpc) is 1.62. The lowest BCUT2D eigenvalue weighted by molar-refractivity contribution is -0.111. The number of halogens is 5. The lowest BCUT2D eigenvalue weighted by Crippen LogP contribution is -2.12. The number of alkyl halides is 3. The Labute approximate surface area is 46.9 Å². The predicted octanol–water partition coefficient (Wildman–Crippen LogP) is 1.62. The summed E-state index contributed by atoms with van der Waals surface area (Å²) in [7, 11) is 0. The van der Waals surface area contributed by atoms with Gasteiger partial charge < -0.3 is 5.73 Å². The molecule has 0 amide bonds. The van der Waals surface area contributed by atoms with Crippen molar-refractivity contribution in [2.45, 2.75) is 6.18 Å². The van der Waals surface area contributed by atoms with E-state index in [-0.39, 0.29) is 0 Å². The summed E-state index contributed by atoms with van der Waals surface area (Å²) >= 11 is 0. The summed E-state index contributed by atoms with van der Waals surface area (Å²) in [5.41, 5.74) is 3.84. The second-order valence-corrected chi connectivity index (χ2v) is 1.16. The van der Waals surface area contributed by atoms with Crippen molar-refractivity contribution < 1.29 is 22.0 Å². The zero-order chi connectivity index (χ0) is 7.65. The van der Waals surface area contributed by atoms with Crippen molar-refractivity contribution in [3.05, 3.63) is 11.8 Å². The van der Waals surface area contributed by atoms with Crippen LogP contribution in [0.15, 0.2) is 11.8 Å². The molecule has 0 rings (SSSR count). The van der Waals surface area contributed by atoms with Crippen LogP contribution in [0.1, 0.15) is 0 Å². The Bertz CT molecular complexity index is 130. The Morgan fingerprint density at radius 1 is 1.11 bits per heavy atom. The second-order valence-electron chi connectivity index (χ2n) is 1.16. The molecule has 0 aromatic carbocycles. The molecular weight excluding hydrogens is 145 g/mol. The van der Waals surface area contributed by atoms with Crippen molar-refractivity contribution in [1.29, 1.82) is 0 Å². The van der Waals surface area contributed by atoms with Crippen LogP contribution < -0.4 is 5.73 Å². The first-order valence-corrected chi connectivity index (χ1v) is 1.73. The van der Waals surface area contributed by atoms with Crippen molar-refractivity contribution in [2.75, 3.05) is 0 Å². The second kappa shape index (κ2) is 2.20. The Hall–Kier alpha value is -0.810. The van der Waals surface area contributed by atoms with E-state index in [1.54, 1.807) is 0 Å². The van der Waals surface area contributed by atoms with Gasteiger partial charge in [0.15, 0.2) is 0 Å². The minimum absolute atomic E-state index is 2.34. The van der Waals surface area contributed by atoms with E-state index >= 15 is 0 Å². The van der Waals surface area contributed by atoms with E-state index in [0.717, 1.165) is 0 Å². The number of hydrogen-bond donors (Lipinski definition) is 1. The van der Waals surface area contributed by atoms with Gasteiger partial charge in [-0.3, -0.25) is 0 Å². The molecule has 6 heteroatoms. The molecule has 0 saturated heterocycles. The van der Waals surface area contributed by atoms with Gasteiger partial charge in [0.05, 0.1) is 0 Å². The smallest absolute Gasteiger partial charge is 0.373 e. The molecule has 0 aliphatic carbocycles. The first-order valence-electron chi connectivity index (χ1n) is 1.73. The highest BCUT2D eigenvalue weighted by atomic mass is 19.4. The van der Waals surface area contributed by atoms with Crippen molar-refractivity contribution >= 4 is 0 Å². The van der Waals surface area contributed by atoms with Crippen LogP contribution in [0.3, 0.4) is 0 Å². The van der Waals surface area contributed by atoms with E-state index in [4.69, 9.17) is 0 Å². The van der Waals surface area contributed by atoms with Gasteiger partial charge in [0.1, 0.15) is 0 Å². The third-order valence-electron chi connectivity index (χ3n) is 0.459. The standard InChI is InChI=1S/C3H2F5N/c4-1(2(5)9)3(6,7)8/h9H2/b2-1+. The predicted molar refractivity (Wildman–Crippen MR) is 19.5 cm³/mol. The van der Waals surface area contributed by atoms with E-state index < -0.39 is 18.0 Å². The fourth-order valence-electron chi connectivity index (χ4n) is 0.135. The Balaban J connectivity index is 4.40. The molecule has 54 valence electrons. The maximum absolute atomic E-state index is 11.3. The molecule has 0 bridgehead atoms. The zero-order valence-electron chi connectivity index (χ0n) is 3.97. The summed E-state index contributed by atoms with van der Waals surface area (Å²) in [6.45, 7) is 0. The minimum Gasteiger partial charge on any atom is -0.373 e. The van der Waals surface area contributed by atoms with Gasteiger partial charge in [-0.1, -0.05) is 0 Å². The van der Waals surface area contributed by atoms with Crippen molar-refractivity contribution in [2.24, 2.45) is 5.73 Å². The molecule has 0 aromatic heterocycles. The monoisotopic (exact) mass is 147 g/mol. The van der Waals surface area contributed by atoms with Gasteiger partial charge in [0.2, 0.25) is 5.95 Å². The molecule has 1 nitrogen and oxygen atoms in total. The van der Waals surface area contributed by atoms with Crippen LogP contribution in [-0.4, -0.2) is 6.18 Å². The van der Waals surface area contributed by atoms with Gasteiger partial charge in [-0.05, 0) is 0 Å². The molecule has 0 aliphatic heterocycles. The highest BCUT2D eigenvalue weighted by Gasteiger charge is 2.37. The van der Waals surface area contributed by atoms with Gasteiger partial charge in [-0.2, -0.15) is 22.0 Å². The normalized spacial score (nSPS) is 15.2. The number of nitrogens with two attached hydrogens (primary N) is 1. The van der Waals surface area contributed by atoms with Gasteiger partial charge >= 0.3 is 6.18 Å². The van der Waals surface area contributed by atoms with Crippen LogP contribution in [-0.2, 0) is 0 Å². The Morgan fingerprint density at radius 2 is 1.44 bits per heavy atom. The van der Waals surface area contributed by atoms with Crippen LogP contribution in [0.5, 0.6) is 0 Å². The maximum atomic E-state index is 11.3. The van der Waals surface area contributed by atoms with Crippen molar-refractivity contribution in [3.8, 4) is 0 Å². The van der Waals surface area contributed by atoms with E-state index in [0.29, 0.717) is 0 Å². The molecule has 0 spiro atoms. The highest BCUT2D eigenvalue weighted by Crippen LogP contribution is 2.27. The molecule has 2 N–H and O–H groups in total. The largest absolute Gasteiger partial charge is 0.447 e. The summed E-state index contributed by atoms with van der Waals surface area (Å²) in [6, 6.07) is 0. The molecule has 0 radical (unpaired) electrons. The van der Waals surface area contributed by atoms with Crippen LogP contribution in [0, 0.1) is 0 Å². The summed E-state index contributed by atoms with van der Waals surface area (Å²) in [4.78, 5) is 0. The summed E-state index contributed by atoms with van der Waals surface area (Å²) in [5, 5.41) is 0. The van der Waals surface area contributed by atoms with Gasteiger partial charge in [-0.15, -0.1) is 0 Å². The Kier molecular flexibility index (Phi) is 2.00. The molecule has 0 fully saturated rings. The zero-order valence-corrected chi connectivity index (χ0v) is 3.97. The molecule has 0 unspecified atom stereocenters. The van der Waals surface area contributed by atoms with Crippen LogP contribution in [0.25, 0.3) is 0 Å². The first-order chi connectivity index (χ1) is 3.85. The SMILES string of the molecule is N/C(F)=C(/F)C(F)(F)F. The topological polar surface area (TPSA) is 26.0 Å². The summed E-state index contributed by atoms with van der Waals surface area (Å²) in [6.07, 6.45) is -5.31. The number of hydrogen-bond acceptors (Lipinski definition) is 1. The van der Waals surface area contributed by atoms with Crippen LogP contribution in [0.2, 0.25) is 0 Å². The first kappa shape index (κ1) is 8.19. The van der Waals surface area contributed by atoms with Gasteiger partial charge in [0, 0.05) is 0 Å². The lowest BCUT2D eigenvalue weighted by atomic mass is 10.5.